The van der Waals surface area contributed by atoms with Gasteiger partial charge in [-0.2, -0.15) is 0 Å². The molecule has 2 atom stereocenters. The molecule has 0 fully saturated rings. The standard InChI is InChI=1S/C17H25NO/c1-4-7-14-11-13-8-6-9-17(19-3)15(13)12-16(14)18-10-5-2/h4,6-9,14,16,18H,5,10-12H2,1-3H3/t14-,16-/m0/s1. The van der Waals surface area contributed by atoms with E-state index in [1.807, 2.05) is 0 Å². The van der Waals surface area contributed by atoms with E-state index in [0.29, 0.717) is 12.0 Å². The third-order valence-electron chi connectivity index (χ3n) is 3.94. The third-order valence-corrected chi connectivity index (χ3v) is 3.94. The minimum absolute atomic E-state index is 0.528. The molecule has 0 amide bonds. The summed E-state index contributed by atoms with van der Waals surface area (Å²) in [7, 11) is 1.77. The number of hydrogen-bond donors (Lipinski definition) is 1. The second kappa shape index (κ2) is 6.76. The van der Waals surface area contributed by atoms with Gasteiger partial charge in [-0.25, -0.2) is 0 Å². The third kappa shape index (κ3) is 3.19. The normalized spacial score (nSPS) is 22.5. The molecule has 19 heavy (non-hydrogen) atoms. The Hall–Kier alpha value is -1.28. The molecular weight excluding hydrogens is 234 g/mol. The van der Waals surface area contributed by atoms with Crippen LogP contribution in [0.3, 0.4) is 0 Å². The highest BCUT2D eigenvalue weighted by atomic mass is 16.5. The van der Waals surface area contributed by atoms with Crippen molar-refractivity contribution in [1.82, 2.24) is 5.32 Å². The van der Waals surface area contributed by atoms with Crippen molar-refractivity contribution in [2.75, 3.05) is 13.7 Å². The summed E-state index contributed by atoms with van der Waals surface area (Å²) in [6, 6.07) is 6.94. The Morgan fingerprint density at radius 3 is 2.89 bits per heavy atom. The van der Waals surface area contributed by atoms with Gasteiger partial charge < -0.3 is 10.1 Å². The fourth-order valence-electron chi connectivity index (χ4n) is 3.00. The number of rotatable bonds is 5. The van der Waals surface area contributed by atoms with Gasteiger partial charge in [0.2, 0.25) is 0 Å². The van der Waals surface area contributed by atoms with Crippen molar-refractivity contribution in [3.8, 4) is 5.75 Å². The summed E-state index contributed by atoms with van der Waals surface area (Å²) < 4.78 is 5.51. The summed E-state index contributed by atoms with van der Waals surface area (Å²) in [5.74, 6) is 1.64. The van der Waals surface area contributed by atoms with Gasteiger partial charge in [0.25, 0.3) is 0 Å². The average molecular weight is 259 g/mol. The van der Waals surface area contributed by atoms with Crippen LogP contribution in [0.4, 0.5) is 0 Å². The lowest BCUT2D eigenvalue weighted by Gasteiger charge is -2.33. The van der Waals surface area contributed by atoms with Crippen LogP contribution in [0.15, 0.2) is 30.4 Å². The van der Waals surface area contributed by atoms with Crippen molar-refractivity contribution >= 4 is 0 Å². The number of hydrogen-bond acceptors (Lipinski definition) is 2. The van der Waals surface area contributed by atoms with E-state index in [-0.39, 0.29) is 0 Å². The van der Waals surface area contributed by atoms with Crippen LogP contribution >= 0.6 is 0 Å². The van der Waals surface area contributed by atoms with Crippen molar-refractivity contribution in [3.63, 3.8) is 0 Å². The maximum absolute atomic E-state index is 5.51. The zero-order valence-electron chi connectivity index (χ0n) is 12.3. The molecule has 0 spiro atoms. The largest absolute Gasteiger partial charge is 0.496 e. The van der Waals surface area contributed by atoms with Gasteiger partial charge >= 0.3 is 0 Å². The molecule has 0 unspecified atom stereocenters. The highest BCUT2D eigenvalue weighted by Gasteiger charge is 2.27. The van der Waals surface area contributed by atoms with Crippen molar-refractivity contribution in [1.29, 1.82) is 0 Å². The van der Waals surface area contributed by atoms with Gasteiger partial charge in [0.1, 0.15) is 5.75 Å². The van der Waals surface area contributed by atoms with E-state index in [0.717, 1.165) is 25.1 Å². The number of fused-ring (bicyclic) bond motifs is 1. The fraction of sp³-hybridized carbons (Fsp3) is 0.529. The van der Waals surface area contributed by atoms with E-state index in [2.05, 4.69) is 49.5 Å². The molecule has 0 radical (unpaired) electrons. The predicted molar refractivity (Wildman–Crippen MR) is 80.8 cm³/mol. The molecule has 104 valence electrons. The monoisotopic (exact) mass is 259 g/mol. The van der Waals surface area contributed by atoms with Crippen LogP contribution in [0.1, 0.15) is 31.4 Å². The lowest BCUT2D eigenvalue weighted by molar-refractivity contribution is 0.363. The first-order valence-corrected chi connectivity index (χ1v) is 7.31. The Morgan fingerprint density at radius 2 is 2.21 bits per heavy atom. The summed E-state index contributed by atoms with van der Waals surface area (Å²) >= 11 is 0. The Kier molecular flexibility index (Phi) is 5.03. The van der Waals surface area contributed by atoms with Gasteiger partial charge in [-0.15, -0.1) is 0 Å². The summed E-state index contributed by atoms with van der Waals surface area (Å²) in [5, 5.41) is 3.69. The molecule has 1 aromatic carbocycles. The second-order valence-electron chi connectivity index (χ2n) is 5.26. The van der Waals surface area contributed by atoms with E-state index < -0.39 is 0 Å². The molecule has 2 nitrogen and oxygen atoms in total. The first kappa shape index (κ1) is 14.1. The zero-order chi connectivity index (χ0) is 13.7. The summed E-state index contributed by atoms with van der Waals surface area (Å²) in [6.07, 6.45) is 7.87. The smallest absolute Gasteiger partial charge is 0.122 e. The first-order valence-electron chi connectivity index (χ1n) is 7.31. The number of allylic oxidation sites excluding steroid dienone is 1. The summed E-state index contributed by atoms with van der Waals surface area (Å²) in [5.41, 5.74) is 2.83. The highest BCUT2D eigenvalue weighted by molar-refractivity contribution is 5.43. The summed E-state index contributed by atoms with van der Waals surface area (Å²) in [4.78, 5) is 0. The average Bonchev–Trinajstić information content (AvgIpc) is 2.44. The molecular formula is C17H25NO. The van der Waals surface area contributed by atoms with Crippen molar-refractivity contribution in [2.45, 2.75) is 39.2 Å². The van der Waals surface area contributed by atoms with Crippen molar-refractivity contribution in [2.24, 2.45) is 5.92 Å². The molecule has 1 aliphatic carbocycles. The van der Waals surface area contributed by atoms with Crippen LogP contribution in [-0.2, 0) is 12.8 Å². The van der Waals surface area contributed by atoms with E-state index in [1.165, 1.54) is 17.5 Å². The second-order valence-corrected chi connectivity index (χ2v) is 5.26. The molecule has 2 heteroatoms. The van der Waals surface area contributed by atoms with E-state index >= 15 is 0 Å². The first-order chi connectivity index (χ1) is 9.30. The lowest BCUT2D eigenvalue weighted by Crippen LogP contribution is -2.41. The molecule has 0 saturated carbocycles. The lowest BCUT2D eigenvalue weighted by atomic mass is 9.79. The molecule has 0 bridgehead atoms. The minimum Gasteiger partial charge on any atom is -0.496 e. The van der Waals surface area contributed by atoms with Gasteiger partial charge in [-0.1, -0.05) is 31.2 Å². The van der Waals surface area contributed by atoms with Gasteiger partial charge in [-0.3, -0.25) is 0 Å². The number of benzene rings is 1. The molecule has 1 aromatic rings. The van der Waals surface area contributed by atoms with Crippen LogP contribution < -0.4 is 10.1 Å². The van der Waals surface area contributed by atoms with E-state index in [9.17, 15) is 0 Å². The molecule has 1 aliphatic rings. The minimum atomic E-state index is 0.528. The van der Waals surface area contributed by atoms with Crippen LogP contribution in [0.5, 0.6) is 5.75 Å². The van der Waals surface area contributed by atoms with Crippen LogP contribution in [0.25, 0.3) is 0 Å². The Morgan fingerprint density at radius 1 is 1.37 bits per heavy atom. The molecule has 0 heterocycles. The van der Waals surface area contributed by atoms with Crippen molar-refractivity contribution < 1.29 is 4.74 Å². The Bertz CT molecular complexity index is 439. The van der Waals surface area contributed by atoms with E-state index in [1.54, 1.807) is 7.11 Å². The highest BCUT2D eigenvalue weighted by Crippen LogP contribution is 2.32. The maximum atomic E-state index is 5.51. The Balaban J connectivity index is 2.25. The maximum Gasteiger partial charge on any atom is 0.122 e. The van der Waals surface area contributed by atoms with Crippen LogP contribution in [0, 0.1) is 5.92 Å². The SMILES string of the molecule is CC=C[C@H]1Cc2cccc(OC)c2C[C@@H]1NCCC. The quantitative estimate of drug-likeness (QED) is 0.819. The Labute approximate surface area is 116 Å². The predicted octanol–water partition coefficient (Wildman–Crippen LogP) is 3.35. The molecule has 2 rings (SSSR count). The molecule has 0 aliphatic heterocycles. The molecule has 0 saturated heterocycles. The summed E-state index contributed by atoms with van der Waals surface area (Å²) in [6.45, 7) is 5.41. The molecule has 0 aromatic heterocycles. The number of ether oxygens (including phenoxy) is 1. The van der Waals surface area contributed by atoms with Crippen LogP contribution in [0.2, 0.25) is 0 Å². The topological polar surface area (TPSA) is 21.3 Å². The van der Waals surface area contributed by atoms with Gasteiger partial charge in [0.15, 0.2) is 0 Å². The fourth-order valence-corrected chi connectivity index (χ4v) is 3.00. The molecule has 1 N–H and O–H groups in total. The van der Waals surface area contributed by atoms with Gasteiger partial charge in [-0.05, 0) is 55.8 Å². The zero-order valence-corrected chi connectivity index (χ0v) is 12.3. The van der Waals surface area contributed by atoms with Crippen LogP contribution in [-0.4, -0.2) is 19.7 Å². The van der Waals surface area contributed by atoms with Gasteiger partial charge in [0, 0.05) is 6.04 Å². The van der Waals surface area contributed by atoms with E-state index in [4.69, 9.17) is 4.74 Å². The number of methoxy groups -OCH3 is 1. The number of nitrogens with one attached hydrogen (secondary N) is 1. The van der Waals surface area contributed by atoms with Gasteiger partial charge in [0.05, 0.1) is 7.11 Å². The van der Waals surface area contributed by atoms with Crippen molar-refractivity contribution in [3.05, 3.63) is 41.5 Å².